The molecular weight excluding hydrogens is 148 g/mol. The maximum Gasteiger partial charge on any atom is 0.306 e. The third-order valence-corrected chi connectivity index (χ3v) is 0.243. The molecule has 0 aliphatic carbocycles. The second-order valence-electron chi connectivity index (χ2n) is 0.729. The predicted molar refractivity (Wildman–Crippen MR) is 18.4 cm³/mol. The van der Waals surface area contributed by atoms with Gasteiger partial charge in [0, 0.05) is 17.1 Å². The molecule has 7 heavy (non-hydrogen) atoms. The molecule has 0 rings (SSSR count). The minimum Gasteiger partial charge on any atom is -0.361 e. The van der Waals surface area contributed by atoms with Gasteiger partial charge in [-0.25, -0.2) is 0 Å². The van der Waals surface area contributed by atoms with Crippen LogP contribution >= 0.6 is 0 Å². The molecule has 0 aromatic rings. The van der Waals surface area contributed by atoms with Crippen molar-refractivity contribution in [3.05, 3.63) is 0 Å². The van der Waals surface area contributed by atoms with Crippen molar-refractivity contribution in [2.45, 2.75) is 0 Å². The molecule has 0 saturated heterocycles. The molecule has 0 aliphatic rings. The quantitative estimate of drug-likeness (QED) is 0.309. The van der Waals surface area contributed by atoms with Gasteiger partial charge in [-0.3, -0.25) is 9.59 Å². The molecule has 0 atom stereocenters. The Labute approximate surface area is 50.7 Å². The number of rotatable bonds is 0. The maximum atomic E-state index is 9.45. The van der Waals surface area contributed by atoms with Crippen LogP contribution in [0.1, 0.15) is 0 Å². The number of nitrogens with two attached hydrogens (primary N) is 2. The van der Waals surface area contributed by atoms with Gasteiger partial charge in [0.25, 0.3) is 0 Å². The van der Waals surface area contributed by atoms with Crippen LogP contribution in [0.25, 0.3) is 0 Å². The first-order valence-corrected chi connectivity index (χ1v) is 1.24. The van der Waals surface area contributed by atoms with Crippen LogP contribution in [0.4, 0.5) is 0 Å². The van der Waals surface area contributed by atoms with Crippen molar-refractivity contribution in [1.29, 1.82) is 0 Å². The summed E-state index contributed by atoms with van der Waals surface area (Å²) in [6.45, 7) is 0. The van der Waals surface area contributed by atoms with Crippen LogP contribution in [-0.4, -0.2) is 11.8 Å². The zero-order valence-electron chi connectivity index (χ0n) is 3.27. The number of hydrogen-bond acceptors (Lipinski definition) is 2. The normalized spacial score (nSPS) is 6.29. The SMILES string of the molecule is NC(=O)C(N)=O.[Cu]. The molecule has 0 aliphatic heterocycles. The van der Waals surface area contributed by atoms with Gasteiger partial charge in [-0.15, -0.1) is 0 Å². The van der Waals surface area contributed by atoms with Crippen molar-refractivity contribution < 1.29 is 26.7 Å². The summed E-state index contributed by atoms with van der Waals surface area (Å²) in [5, 5.41) is 0. The Bertz CT molecular complexity index is 79.7. The van der Waals surface area contributed by atoms with Gasteiger partial charge >= 0.3 is 11.8 Å². The van der Waals surface area contributed by atoms with Crippen molar-refractivity contribution in [2.75, 3.05) is 0 Å². The zero-order valence-corrected chi connectivity index (χ0v) is 4.21. The van der Waals surface area contributed by atoms with Gasteiger partial charge in [0.1, 0.15) is 0 Å². The number of carbonyl (C=O) groups is 2. The molecule has 0 aromatic carbocycles. The van der Waals surface area contributed by atoms with Gasteiger partial charge in [-0.2, -0.15) is 0 Å². The zero-order chi connectivity index (χ0) is 5.15. The van der Waals surface area contributed by atoms with Crippen LogP contribution in [0.2, 0.25) is 0 Å². The van der Waals surface area contributed by atoms with Crippen LogP contribution in [0.15, 0.2) is 0 Å². The fourth-order valence-electron chi connectivity index (χ4n) is 0. The van der Waals surface area contributed by atoms with E-state index in [1.165, 1.54) is 0 Å². The molecule has 2 amide bonds. The summed E-state index contributed by atoms with van der Waals surface area (Å²) in [6, 6.07) is 0. The average molecular weight is 152 g/mol. The van der Waals surface area contributed by atoms with Crippen LogP contribution in [-0.2, 0) is 26.7 Å². The molecule has 5 heteroatoms. The molecule has 0 fully saturated rings. The number of primary amides is 2. The number of hydrogen-bond donors (Lipinski definition) is 2. The standard InChI is InChI=1S/C2H4N2O2.Cu/c3-1(5)2(4)6;/h(H2,3,5)(H2,4,6);. The molecule has 4 N–H and O–H groups in total. The second-order valence-corrected chi connectivity index (χ2v) is 0.729. The summed E-state index contributed by atoms with van der Waals surface area (Å²) in [5.41, 5.74) is 8.64. The maximum absolute atomic E-state index is 9.45. The van der Waals surface area contributed by atoms with E-state index in [4.69, 9.17) is 0 Å². The topological polar surface area (TPSA) is 86.2 Å². The van der Waals surface area contributed by atoms with E-state index < -0.39 is 11.8 Å². The largest absolute Gasteiger partial charge is 0.361 e. The molecule has 1 radical (unpaired) electrons. The smallest absolute Gasteiger partial charge is 0.306 e. The Morgan fingerprint density at radius 2 is 1.14 bits per heavy atom. The van der Waals surface area contributed by atoms with Crippen molar-refractivity contribution >= 4 is 11.8 Å². The molecule has 45 valence electrons. The summed E-state index contributed by atoms with van der Waals surface area (Å²) in [7, 11) is 0. The third-order valence-electron chi connectivity index (χ3n) is 0.243. The monoisotopic (exact) mass is 151 g/mol. The van der Waals surface area contributed by atoms with Crippen LogP contribution in [0.3, 0.4) is 0 Å². The van der Waals surface area contributed by atoms with Crippen molar-refractivity contribution in [2.24, 2.45) is 11.5 Å². The molecular formula is C2H4CuN2O2. The fraction of sp³-hybridized carbons (Fsp3) is 0. The van der Waals surface area contributed by atoms with Gasteiger partial charge in [0.05, 0.1) is 0 Å². The Kier molecular flexibility index (Phi) is 5.04. The van der Waals surface area contributed by atoms with Gasteiger partial charge in [0.15, 0.2) is 0 Å². The minimum absolute atomic E-state index is 0. The first-order valence-electron chi connectivity index (χ1n) is 1.24. The van der Waals surface area contributed by atoms with E-state index >= 15 is 0 Å². The molecule has 0 unspecified atom stereocenters. The Balaban J connectivity index is 0. The van der Waals surface area contributed by atoms with E-state index in [1.54, 1.807) is 0 Å². The van der Waals surface area contributed by atoms with Gasteiger partial charge in [0.2, 0.25) is 0 Å². The first kappa shape index (κ1) is 9.68. The van der Waals surface area contributed by atoms with Crippen molar-refractivity contribution in [3.8, 4) is 0 Å². The molecule has 4 nitrogen and oxygen atoms in total. The molecule has 0 spiro atoms. The van der Waals surface area contributed by atoms with E-state index in [0.29, 0.717) is 0 Å². The Hall–Kier alpha value is -0.541. The third kappa shape index (κ3) is 5.46. The minimum atomic E-state index is -1.10. The van der Waals surface area contributed by atoms with E-state index in [2.05, 4.69) is 11.5 Å². The van der Waals surface area contributed by atoms with Crippen LogP contribution < -0.4 is 11.5 Å². The van der Waals surface area contributed by atoms with E-state index in [9.17, 15) is 9.59 Å². The summed E-state index contributed by atoms with van der Waals surface area (Å²) >= 11 is 0. The van der Waals surface area contributed by atoms with Gasteiger partial charge < -0.3 is 11.5 Å². The van der Waals surface area contributed by atoms with Crippen LogP contribution in [0, 0.1) is 0 Å². The van der Waals surface area contributed by atoms with Crippen LogP contribution in [0.5, 0.6) is 0 Å². The Morgan fingerprint density at radius 1 is 1.00 bits per heavy atom. The summed E-state index contributed by atoms with van der Waals surface area (Å²) in [5.74, 6) is -2.20. The molecule has 0 heterocycles. The Morgan fingerprint density at radius 3 is 1.14 bits per heavy atom. The van der Waals surface area contributed by atoms with E-state index in [-0.39, 0.29) is 17.1 Å². The van der Waals surface area contributed by atoms with Crippen molar-refractivity contribution in [3.63, 3.8) is 0 Å². The van der Waals surface area contributed by atoms with E-state index in [0.717, 1.165) is 0 Å². The molecule has 0 bridgehead atoms. The number of amides is 2. The van der Waals surface area contributed by atoms with Gasteiger partial charge in [-0.05, 0) is 0 Å². The number of carbonyl (C=O) groups excluding carboxylic acids is 2. The summed E-state index contributed by atoms with van der Waals surface area (Å²) in [4.78, 5) is 18.9. The average Bonchev–Trinajstić information content (AvgIpc) is 1.36. The second kappa shape index (κ2) is 3.64. The van der Waals surface area contributed by atoms with E-state index in [1.807, 2.05) is 0 Å². The first-order chi connectivity index (χ1) is 2.64. The molecule has 0 saturated carbocycles. The summed E-state index contributed by atoms with van der Waals surface area (Å²) < 4.78 is 0. The van der Waals surface area contributed by atoms with Crippen molar-refractivity contribution in [1.82, 2.24) is 0 Å². The summed E-state index contributed by atoms with van der Waals surface area (Å²) in [6.07, 6.45) is 0. The predicted octanol–water partition coefficient (Wildman–Crippen LogP) is -2.05. The molecule has 0 aromatic heterocycles. The fourth-order valence-corrected chi connectivity index (χ4v) is 0. The van der Waals surface area contributed by atoms with Gasteiger partial charge in [-0.1, -0.05) is 0 Å².